The molecule has 2 atom stereocenters. The maximum Gasteiger partial charge on any atom is 0.359 e. The molecule has 4 nitrogen and oxygen atoms in total. The number of hydrogen-bond donors (Lipinski definition) is 2. The van der Waals surface area contributed by atoms with Crippen molar-refractivity contribution in [3.05, 3.63) is 24.3 Å². The minimum absolute atomic E-state index is 0.238. The van der Waals surface area contributed by atoms with E-state index in [-0.39, 0.29) is 11.4 Å². The summed E-state index contributed by atoms with van der Waals surface area (Å²) in [5.74, 6) is 0. The van der Waals surface area contributed by atoms with E-state index >= 15 is 0 Å². The SMILES string of the molecule is CCC(C)OP(=O)(O)c1ccc(N)cc1. The van der Waals surface area contributed by atoms with Crippen LogP contribution < -0.4 is 11.0 Å². The third-order valence-electron chi connectivity index (χ3n) is 2.12. The van der Waals surface area contributed by atoms with Gasteiger partial charge in [0, 0.05) is 5.69 Å². The van der Waals surface area contributed by atoms with Gasteiger partial charge in [0.25, 0.3) is 0 Å². The second-order valence-corrected chi connectivity index (χ2v) is 5.20. The van der Waals surface area contributed by atoms with Crippen LogP contribution in [0.2, 0.25) is 0 Å². The maximum atomic E-state index is 11.8. The first-order chi connectivity index (χ1) is 6.95. The fourth-order valence-corrected chi connectivity index (χ4v) is 2.33. The van der Waals surface area contributed by atoms with Crippen LogP contribution in [-0.2, 0) is 9.09 Å². The van der Waals surface area contributed by atoms with Gasteiger partial charge in [-0.15, -0.1) is 0 Å². The molecule has 0 bridgehead atoms. The Balaban J connectivity index is 2.86. The van der Waals surface area contributed by atoms with Crippen LogP contribution in [0.3, 0.4) is 0 Å². The van der Waals surface area contributed by atoms with Gasteiger partial charge >= 0.3 is 7.60 Å². The van der Waals surface area contributed by atoms with Crippen molar-refractivity contribution >= 4 is 18.6 Å². The first kappa shape index (κ1) is 12.2. The van der Waals surface area contributed by atoms with Gasteiger partial charge in [0.05, 0.1) is 11.4 Å². The van der Waals surface area contributed by atoms with Gasteiger partial charge in [0.1, 0.15) is 0 Å². The predicted molar refractivity (Wildman–Crippen MR) is 61.2 cm³/mol. The summed E-state index contributed by atoms with van der Waals surface area (Å²) < 4.78 is 16.9. The van der Waals surface area contributed by atoms with E-state index in [9.17, 15) is 9.46 Å². The van der Waals surface area contributed by atoms with Gasteiger partial charge in [-0.25, -0.2) is 0 Å². The van der Waals surface area contributed by atoms with E-state index in [1.807, 2.05) is 6.92 Å². The van der Waals surface area contributed by atoms with Crippen molar-refractivity contribution in [1.82, 2.24) is 0 Å². The Labute approximate surface area is 89.6 Å². The molecule has 84 valence electrons. The molecule has 0 spiro atoms. The number of anilines is 1. The van der Waals surface area contributed by atoms with Crippen molar-refractivity contribution in [1.29, 1.82) is 0 Å². The molecule has 0 aliphatic rings. The molecular weight excluding hydrogens is 213 g/mol. The van der Waals surface area contributed by atoms with Gasteiger partial charge in [-0.05, 0) is 37.6 Å². The van der Waals surface area contributed by atoms with Gasteiger partial charge in [-0.1, -0.05) is 6.92 Å². The summed E-state index contributed by atoms with van der Waals surface area (Å²) in [5.41, 5.74) is 6.04. The molecule has 0 aliphatic heterocycles. The Hall–Kier alpha value is -0.830. The third-order valence-corrected chi connectivity index (χ3v) is 3.71. The summed E-state index contributed by atoms with van der Waals surface area (Å²) in [7, 11) is -3.69. The van der Waals surface area contributed by atoms with Crippen molar-refractivity contribution in [2.75, 3.05) is 5.73 Å². The van der Waals surface area contributed by atoms with Crippen molar-refractivity contribution in [3.63, 3.8) is 0 Å². The highest BCUT2D eigenvalue weighted by Gasteiger charge is 2.24. The van der Waals surface area contributed by atoms with Crippen LogP contribution in [-0.4, -0.2) is 11.0 Å². The Bertz CT molecular complexity index is 363. The lowest BCUT2D eigenvalue weighted by Gasteiger charge is -2.16. The number of benzene rings is 1. The van der Waals surface area contributed by atoms with Crippen LogP contribution >= 0.6 is 7.60 Å². The lowest BCUT2D eigenvalue weighted by molar-refractivity contribution is 0.192. The lowest BCUT2D eigenvalue weighted by atomic mass is 10.3. The summed E-state index contributed by atoms with van der Waals surface area (Å²) in [5, 5.41) is 0.275. The smallest absolute Gasteiger partial charge is 0.359 e. The molecule has 15 heavy (non-hydrogen) atoms. The standard InChI is InChI=1S/C10H16NO3P/c1-3-8(2)14-15(12,13)10-6-4-9(11)5-7-10/h4-8H,3,11H2,1-2H3,(H,12,13). The third kappa shape index (κ3) is 3.34. The van der Waals surface area contributed by atoms with Gasteiger partial charge in [-0.3, -0.25) is 4.57 Å². The Morgan fingerprint density at radius 2 is 2.00 bits per heavy atom. The Morgan fingerprint density at radius 3 is 2.47 bits per heavy atom. The number of nitrogens with two attached hydrogens (primary N) is 1. The molecule has 1 aromatic rings. The molecule has 1 rings (SSSR count). The second kappa shape index (κ2) is 4.79. The predicted octanol–water partition coefficient (Wildman–Crippen LogP) is 1.89. The highest BCUT2D eigenvalue weighted by molar-refractivity contribution is 7.61. The Kier molecular flexibility index (Phi) is 3.91. The zero-order valence-corrected chi connectivity index (χ0v) is 9.78. The first-order valence-corrected chi connectivity index (χ1v) is 6.40. The van der Waals surface area contributed by atoms with Gasteiger partial charge in [0.15, 0.2) is 0 Å². The van der Waals surface area contributed by atoms with Gasteiger partial charge in [0.2, 0.25) is 0 Å². The van der Waals surface area contributed by atoms with Crippen molar-refractivity contribution in [3.8, 4) is 0 Å². The van der Waals surface area contributed by atoms with E-state index < -0.39 is 7.60 Å². The molecule has 0 heterocycles. The van der Waals surface area contributed by atoms with Crippen LogP contribution in [0.1, 0.15) is 20.3 Å². The number of hydrogen-bond acceptors (Lipinski definition) is 3. The monoisotopic (exact) mass is 229 g/mol. The zero-order chi connectivity index (χ0) is 11.5. The topological polar surface area (TPSA) is 72.5 Å². The van der Waals surface area contributed by atoms with Crippen LogP contribution in [0.4, 0.5) is 5.69 Å². The average Bonchev–Trinajstić information content (AvgIpc) is 2.17. The highest BCUT2D eigenvalue weighted by atomic mass is 31.2. The van der Waals surface area contributed by atoms with E-state index in [1.165, 1.54) is 12.1 Å². The van der Waals surface area contributed by atoms with Crippen LogP contribution in [0.5, 0.6) is 0 Å². The van der Waals surface area contributed by atoms with Crippen molar-refractivity contribution in [2.24, 2.45) is 0 Å². The number of nitrogen functional groups attached to an aromatic ring is 1. The molecular formula is C10H16NO3P. The van der Waals surface area contributed by atoms with Gasteiger partial charge < -0.3 is 15.2 Å². The summed E-state index contributed by atoms with van der Waals surface area (Å²) in [6.45, 7) is 3.66. The molecule has 0 amide bonds. The largest absolute Gasteiger partial charge is 0.399 e. The lowest BCUT2D eigenvalue weighted by Crippen LogP contribution is -2.12. The molecule has 5 heteroatoms. The van der Waals surface area contributed by atoms with Crippen molar-refractivity contribution < 1.29 is 14.0 Å². The van der Waals surface area contributed by atoms with E-state index in [0.717, 1.165) is 0 Å². The number of rotatable bonds is 4. The molecule has 0 saturated carbocycles. The van der Waals surface area contributed by atoms with Crippen molar-refractivity contribution in [2.45, 2.75) is 26.4 Å². The van der Waals surface area contributed by atoms with Crippen LogP contribution in [0.15, 0.2) is 24.3 Å². The summed E-state index contributed by atoms with van der Waals surface area (Å²) in [6, 6.07) is 6.19. The van der Waals surface area contributed by atoms with Gasteiger partial charge in [-0.2, -0.15) is 0 Å². The molecule has 0 aliphatic carbocycles. The van der Waals surface area contributed by atoms with E-state index in [0.29, 0.717) is 12.1 Å². The fraction of sp³-hybridized carbons (Fsp3) is 0.400. The highest BCUT2D eigenvalue weighted by Crippen LogP contribution is 2.42. The van der Waals surface area contributed by atoms with E-state index in [1.54, 1.807) is 19.1 Å². The summed E-state index contributed by atoms with van der Waals surface area (Å²) in [6.07, 6.45) is 0.456. The normalized spacial score (nSPS) is 17.0. The maximum absolute atomic E-state index is 11.8. The minimum atomic E-state index is -3.69. The van der Waals surface area contributed by atoms with Crippen LogP contribution in [0, 0.1) is 0 Å². The molecule has 2 unspecified atom stereocenters. The van der Waals surface area contributed by atoms with Crippen LogP contribution in [0.25, 0.3) is 0 Å². The Morgan fingerprint density at radius 1 is 1.47 bits per heavy atom. The second-order valence-electron chi connectivity index (χ2n) is 3.44. The first-order valence-electron chi connectivity index (χ1n) is 4.83. The average molecular weight is 229 g/mol. The molecule has 0 saturated heterocycles. The van der Waals surface area contributed by atoms with E-state index in [2.05, 4.69) is 0 Å². The fourth-order valence-electron chi connectivity index (χ4n) is 1.04. The zero-order valence-electron chi connectivity index (χ0n) is 8.88. The molecule has 0 radical (unpaired) electrons. The molecule has 0 aromatic heterocycles. The summed E-state index contributed by atoms with van der Waals surface area (Å²) in [4.78, 5) is 9.67. The van der Waals surface area contributed by atoms with E-state index in [4.69, 9.17) is 10.3 Å². The minimum Gasteiger partial charge on any atom is -0.399 e. The summed E-state index contributed by atoms with van der Waals surface area (Å²) >= 11 is 0. The molecule has 1 aromatic carbocycles. The molecule has 3 N–H and O–H groups in total. The quantitative estimate of drug-likeness (QED) is 0.611. The molecule has 0 fully saturated rings.